The molecule has 0 saturated carbocycles. The van der Waals surface area contributed by atoms with Gasteiger partial charge < -0.3 is 9.47 Å². The van der Waals surface area contributed by atoms with Crippen molar-refractivity contribution in [3.8, 4) is 0 Å². The van der Waals surface area contributed by atoms with Crippen LogP contribution in [0.15, 0.2) is 60.7 Å². The Morgan fingerprint density at radius 2 is 1.64 bits per heavy atom. The van der Waals surface area contributed by atoms with E-state index in [0.717, 1.165) is 16.0 Å². The lowest BCUT2D eigenvalue weighted by molar-refractivity contribution is -0.129. The van der Waals surface area contributed by atoms with Gasteiger partial charge in [0, 0.05) is 0 Å². The van der Waals surface area contributed by atoms with Crippen LogP contribution in [0.3, 0.4) is 0 Å². The molecule has 0 N–H and O–H groups in total. The normalized spacial score (nSPS) is 20.6. The zero-order chi connectivity index (χ0) is 19.5. The number of ether oxygens (including phenoxy) is 2. The Hall–Kier alpha value is -3.35. The summed E-state index contributed by atoms with van der Waals surface area (Å²) >= 11 is 0. The third-order valence-corrected chi connectivity index (χ3v) is 4.85. The van der Waals surface area contributed by atoms with Crippen LogP contribution in [0.5, 0.6) is 0 Å². The number of cyclic esters (lactones) is 1. The predicted octanol–water partition coefficient (Wildman–Crippen LogP) is 2.60. The monoisotopic (exact) mass is 380 g/mol. The molecule has 7 heteroatoms. The molecule has 2 atom stereocenters. The van der Waals surface area contributed by atoms with Gasteiger partial charge in [-0.05, 0) is 17.5 Å². The second kappa shape index (κ2) is 7.72. The highest BCUT2D eigenvalue weighted by Gasteiger charge is 2.51. The van der Waals surface area contributed by atoms with Gasteiger partial charge in [0.15, 0.2) is 0 Å². The molecule has 2 aliphatic rings. The molecule has 2 aromatic carbocycles. The lowest BCUT2D eigenvalue weighted by Crippen LogP contribution is -2.43. The van der Waals surface area contributed by atoms with Crippen LogP contribution in [0.25, 0.3) is 0 Å². The Morgan fingerprint density at radius 1 is 1.00 bits per heavy atom. The topological polar surface area (TPSA) is 75.9 Å². The minimum Gasteiger partial charge on any atom is -0.447 e. The molecular formula is C21H20N2O5. The largest absolute Gasteiger partial charge is 0.447 e. The molecule has 4 rings (SSSR count). The average Bonchev–Trinajstić information content (AvgIpc) is 3.45. The fourth-order valence-corrected chi connectivity index (χ4v) is 3.28. The van der Waals surface area contributed by atoms with Crippen LogP contribution < -0.4 is 0 Å². The summed E-state index contributed by atoms with van der Waals surface area (Å²) in [5, 5.41) is 0. The first-order valence-corrected chi connectivity index (χ1v) is 9.14. The van der Waals surface area contributed by atoms with Crippen molar-refractivity contribution in [3.05, 3.63) is 71.8 Å². The summed E-state index contributed by atoms with van der Waals surface area (Å²) in [6.45, 7) is 0.540. The quantitative estimate of drug-likeness (QED) is 0.746. The second-order valence-electron chi connectivity index (χ2n) is 6.84. The zero-order valence-corrected chi connectivity index (χ0v) is 15.2. The standard InChI is InChI=1S/C21H20N2O5/c24-19(18-12-22(18)20(25)27-13-16-9-5-2-6-10-16)23-17(14-28-21(23)26)11-15-7-3-1-4-8-15/h1-10,17-18H,11-14H2/t17-,18-,22?/m0/s1. The van der Waals surface area contributed by atoms with Crippen molar-refractivity contribution in [1.29, 1.82) is 0 Å². The number of amides is 3. The van der Waals surface area contributed by atoms with E-state index in [-0.39, 0.29) is 25.8 Å². The molecule has 0 spiro atoms. The Morgan fingerprint density at radius 3 is 2.32 bits per heavy atom. The van der Waals surface area contributed by atoms with Crippen LogP contribution in [0.1, 0.15) is 11.1 Å². The van der Waals surface area contributed by atoms with E-state index in [4.69, 9.17) is 9.47 Å². The number of imide groups is 1. The van der Waals surface area contributed by atoms with Crippen molar-refractivity contribution in [2.24, 2.45) is 0 Å². The van der Waals surface area contributed by atoms with E-state index in [0.29, 0.717) is 6.42 Å². The first-order chi connectivity index (χ1) is 13.6. The van der Waals surface area contributed by atoms with Crippen molar-refractivity contribution in [3.63, 3.8) is 0 Å². The number of benzene rings is 2. The average molecular weight is 380 g/mol. The van der Waals surface area contributed by atoms with Crippen molar-refractivity contribution >= 4 is 18.1 Å². The van der Waals surface area contributed by atoms with Crippen molar-refractivity contribution in [1.82, 2.24) is 9.80 Å². The lowest BCUT2D eigenvalue weighted by atomic mass is 10.1. The molecule has 0 aliphatic carbocycles. The summed E-state index contributed by atoms with van der Waals surface area (Å²) in [6.07, 6.45) is -0.700. The molecule has 0 radical (unpaired) electrons. The molecule has 3 amide bonds. The lowest BCUT2D eigenvalue weighted by Gasteiger charge is -2.19. The minimum atomic E-state index is -0.674. The molecule has 144 valence electrons. The Balaban J connectivity index is 1.34. The van der Waals surface area contributed by atoms with Gasteiger partial charge in [0.1, 0.15) is 19.3 Å². The Labute approximate surface area is 162 Å². The van der Waals surface area contributed by atoms with E-state index >= 15 is 0 Å². The maximum atomic E-state index is 12.8. The highest BCUT2D eigenvalue weighted by molar-refractivity contribution is 6.00. The molecule has 2 saturated heterocycles. The van der Waals surface area contributed by atoms with E-state index in [1.807, 2.05) is 60.7 Å². The van der Waals surface area contributed by atoms with Crippen LogP contribution in [0.2, 0.25) is 0 Å². The van der Waals surface area contributed by atoms with Gasteiger partial charge in [0.2, 0.25) is 0 Å². The van der Waals surface area contributed by atoms with Crippen molar-refractivity contribution in [2.75, 3.05) is 13.2 Å². The minimum absolute atomic E-state index is 0.138. The number of carbonyl (C=O) groups is 3. The maximum Gasteiger partial charge on any atom is 0.417 e. The van der Waals surface area contributed by atoms with E-state index < -0.39 is 24.1 Å². The first-order valence-electron chi connectivity index (χ1n) is 9.14. The van der Waals surface area contributed by atoms with Gasteiger partial charge in [0.25, 0.3) is 5.91 Å². The van der Waals surface area contributed by atoms with Crippen LogP contribution >= 0.6 is 0 Å². The van der Waals surface area contributed by atoms with Crippen LogP contribution in [-0.2, 0) is 27.3 Å². The number of nitrogens with zero attached hydrogens (tertiary/aromatic N) is 2. The maximum absolute atomic E-state index is 12.8. The predicted molar refractivity (Wildman–Crippen MR) is 99.2 cm³/mol. The number of rotatable bonds is 5. The van der Waals surface area contributed by atoms with Gasteiger partial charge in [-0.25, -0.2) is 14.5 Å². The van der Waals surface area contributed by atoms with Gasteiger partial charge in [-0.1, -0.05) is 60.7 Å². The molecule has 7 nitrogen and oxygen atoms in total. The summed E-state index contributed by atoms with van der Waals surface area (Å²) in [5.41, 5.74) is 1.88. The van der Waals surface area contributed by atoms with Gasteiger partial charge in [0.05, 0.1) is 12.6 Å². The molecule has 2 aliphatic heterocycles. The molecule has 2 fully saturated rings. The summed E-state index contributed by atoms with van der Waals surface area (Å²) < 4.78 is 10.3. The zero-order valence-electron chi connectivity index (χ0n) is 15.2. The summed E-state index contributed by atoms with van der Waals surface area (Å²) in [4.78, 5) is 39.5. The third-order valence-electron chi connectivity index (χ3n) is 4.85. The first kappa shape index (κ1) is 18.0. The SMILES string of the molecule is O=C(OCc1ccccc1)N1C[C@H]1C(=O)N1C(=O)OC[C@@H]1Cc1ccccc1. The molecular weight excluding hydrogens is 360 g/mol. The fraction of sp³-hybridized carbons (Fsp3) is 0.286. The number of hydrogen-bond donors (Lipinski definition) is 0. The molecule has 0 unspecified atom stereocenters. The van der Waals surface area contributed by atoms with Crippen molar-refractivity contribution in [2.45, 2.75) is 25.1 Å². The van der Waals surface area contributed by atoms with Crippen LogP contribution in [0, 0.1) is 0 Å². The van der Waals surface area contributed by atoms with E-state index in [9.17, 15) is 14.4 Å². The number of carbonyl (C=O) groups excluding carboxylic acids is 3. The summed E-state index contributed by atoms with van der Waals surface area (Å²) in [7, 11) is 0. The van der Waals surface area contributed by atoms with Gasteiger partial charge >= 0.3 is 12.2 Å². The molecule has 2 aromatic rings. The van der Waals surface area contributed by atoms with Gasteiger partial charge in [-0.3, -0.25) is 9.69 Å². The van der Waals surface area contributed by atoms with Gasteiger partial charge in [-0.15, -0.1) is 0 Å². The van der Waals surface area contributed by atoms with Crippen LogP contribution in [-0.4, -0.2) is 53.1 Å². The molecule has 28 heavy (non-hydrogen) atoms. The fourth-order valence-electron chi connectivity index (χ4n) is 3.28. The summed E-state index contributed by atoms with van der Waals surface area (Å²) in [6, 6.07) is 17.9. The highest BCUT2D eigenvalue weighted by atomic mass is 16.6. The van der Waals surface area contributed by atoms with Gasteiger partial charge in [-0.2, -0.15) is 0 Å². The van der Waals surface area contributed by atoms with E-state index in [1.54, 1.807) is 0 Å². The van der Waals surface area contributed by atoms with E-state index in [2.05, 4.69) is 0 Å². The second-order valence-corrected chi connectivity index (χ2v) is 6.84. The number of hydrogen-bond acceptors (Lipinski definition) is 5. The Bertz CT molecular complexity index is 871. The molecule has 2 heterocycles. The third kappa shape index (κ3) is 3.83. The smallest absolute Gasteiger partial charge is 0.417 e. The highest BCUT2D eigenvalue weighted by Crippen LogP contribution is 2.26. The molecule has 0 bridgehead atoms. The Kier molecular flexibility index (Phi) is 4.97. The van der Waals surface area contributed by atoms with Crippen molar-refractivity contribution < 1.29 is 23.9 Å². The van der Waals surface area contributed by atoms with E-state index in [1.165, 1.54) is 4.90 Å². The van der Waals surface area contributed by atoms with Crippen LogP contribution in [0.4, 0.5) is 9.59 Å². The summed E-state index contributed by atoms with van der Waals surface area (Å²) in [5.74, 6) is -0.417. The molecule has 0 aromatic heterocycles.